The van der Waals surface area contributed by atoms with Crippen molar-refractivity contribution >= 4 is 28.9 Å². The summed E-state index contributed by atoms with van der Waals surface area (Å²) in [5, 5.41) is 0.984. The van der Waals surface area contributed by atoms with E-state index in [4.69, 9.17) is 9.47 Å². The van der Waals surface area contributed by atoms with Gasteiger partial charge >= 0.3 is 5.97 Å². The Morgan fingerprint density at radius 3 is 2.71 bits per heavy atom. The number of hydrogen-bond donors (Lipinski definition) is 0. The lowest BCUT2D eigenvalue weighted by Crippen LogP contribution is -2.53. The minimum atomic E-state index is -0.683. The lowest BCUT2D eigenvalue weighted by Gasteiger charge is -2.37. The molecule has 1 aliphatic rings. The minimum Gasteiger partial charge on any atom is -0.479 e. The predicted molar refractivity (Wildman–Crippen MR) is 110 cm³/mol. The van der Waals surface area contributed by atoms with E-state index in [1.54, 1.807) is 23.2 Å². The van der Waals surface area contributed by atoms with Crippen molar-refractivity contribution in [3.8, 4) is 17.0 Å². The largest absolute Gasteiger partial charge is 0.479 e. The van der Waals surface area contributed by atoms with Gasteiger partial charge in [0, 0.05) is 10.4 Å². The molecule has 0 saturated carbocycles. The van der Waals surface area contributed by atoms with Gasteiger partial charge < -0.3 is 9.47 Å². The summed E-state index contributed by atoms with van der Waals surface area (Å²) in [6.45, 7) is 9.85. The Hall–Kier alpha value is -2.41. The summed E-state index contributed by atoms with van der Waals surface area (Å²) < 4.78 is 11.1. The Bertz CT molecular complexity index is 893. The van der Waals surface area contributed by atoms with Crippen LogP contribution in [0, 0.1) is 13.8 Å². The van der Waals surface area contributed by atoms with Crippen molar-refractivity contribution in [1.82, 2.24) is 4.98 Å². The molecule has 1 aliphatic heterocycles. The molecule has 2 unspecified atom stereocenters. The number of thiazole rings is 1. The van der Waals surface area contributed by atoms with Crippen LogP contribution < -0.4 is 9.64 Å². The first-order chi connectivity index (χ1) is 13.4. The number of fused-ring (bicyclic) bond motifs is 1. The lowest BCUT2D eigenvalue weighted by atomic mass is 10.0. The Balaban J connectivity index is 2.06. The smallest absolute Gasteiger partial charge is 0.329 e. The van der Waals surface area contributed by atoms with Gasteiger partial charge in [-0.15, -0.1) is 11.3 Å². The van der Waals surface area contributed by atoms with Crippen molar-refractivity contribution in [3.63, 3.8) is 0 Å². The Kier molecular flexibility index (Phi) is 6.03. The first-order valence-electron chi connectivity index (χ1n) is 9.62. The van der Waals surface area contributed by atoms with E-state index in [1.807, 2.05) is 45.9 Å². The summed E-state index contributed by atoms with van der Waals surface area (Å²) in [4.78, 5) is 32.9. The molecule has 1 aromatic heterocycles. The number of rotatable bonds is 6. The number of benzene rings is 1. The van der Waals surface area contributed by atoms with E-state index in [9.17, 15) is 9.59 Å². The van der Waals surface area contributed by atoms with Crippen molar-refractivity contribution < 1.29 is 19.1 Å². The number of carbonyl (C=O) groups excluding carboxylic acids is 2. The number of aromatic nitrogens is 1. The molecule has 6 nitrogen and oxygen atoms in total. The summed E-state index contributed by atoms with van der Waals surface area (Å²) in [5.41, 5.74) is 2.37. The fourth-order valence-corrected chi connectivity index (χ4v) is 4.22. The van der Waals surface area contributed by atoms with Gasteiger partial charge in [0.05, 0.1) is 23.0 Å². The molecule has 2 heterocycles. The van der Waals surface area contributed by atoms with Crippen LogP contribution >= 0.6 is 11.3 Å². The molecule has 28 heavy (non-hydrogen) atoms. The third-order valence-electron chi connectivity index (χ3n) is 4.70. The van der Waals surface area contributed by atoms with Gasteiger partial charge in [0.25, 0.3) is 5.91 Å². The van der Waals surface area contributed by atoms with Crippen LogP contribution in [0.3, 0.4) is 0 Å². The third kappa shape index (κ3) is 3.76. The summed E-state index contributed by atoms with van der Waals surface area (Å²) in [6.07, 6.45) is 0.535. The number of hydrogen-bond acceptors (Lipinski definition) is 6. The highest BCUT2D eigenvalue weighted by atomic mass is 32.1. The van der Waals surface area contributed by atoms with Gasteiger partial charge in [-0.05, 0) is 51.8 Å². The number of nitrogens with zero attached hydrogens (tertiary/aromatic N) is 2. The SMILES string of the molecule is CCCOC(=O)C(CC)N1C(=O)C(C)Oc2ccc(-c3nc(C)sc3C)cc21. The molecule has 0 N–H and O–H groups in total. The molecular weight excluding hydrogens is 376 g/mol. The highest BCUT2D eigenvalue weighted by molar-refractivity contribution is 7.11. The first-order valence-corrected chi connectivity index (χ1v) is 10.4. The molecule has 3 rings (SSSR count). The Labute approximate surface area is 169 Å². The Morgan fingerprint density at radius 1 is 1.36 bits per heavy atom. The van der Waals surface area contributed by atoms with E-state index >= 15 is 0 Å². The second kappa shape index (κ2) is 8.31. The fraction of sp³-hybridized carbons (Fsp3) is 0.476. The number of esters is 1. The van der Waals surface area contributed by atoms with E-state index in [2.05, 4.69) is 4.98 Å². The highest BCUT2D eigenvalue weighted by Crippen LogP contribution is 2.40. The quantitative estimate of drug-likeness (QED) is 0.675. The molecular formula is C21H26N2O4S. The van der Waals surface area contributed by atoms with Crippen LogP contribution in [0.2, 0.25) is 0 Å². The van der Waals surface area contributed by atoms with Crippen LogP contribution in [-0.2, 0) is 14.3 Å². The highest BCUT2D eigenvalue weighted by Gasteiger charge is 2.39. The van der Waals surface area contributed by atoms with Crippen LogP contribution in [0.25, 0.3) is 11.3 Å². The van der Waals surface area contributed by atoms with Gasteiger partial charge in [0.1, 0.15) is 11.8 Å². The third-order valence-corrected chi connectivity index (χ3v) is 5.59. The zero-order chi connectivity index (χ0) is 20.4. The van der Waals surface area contributed by atoms with Gasteiger partial charge in [0.2, 0.25) is 0 Å². The molecule has 1 aromatic carbocycles. The van der Waals surface area contributed by atoms with Gasteiger partial charge in [-0.25, -0.2) is 9.78 Å². The second-order valence-corrected chi connectivity index (χ2v) is 8.29. The van der Waals surface area contributed by atoms with Gasteiger partial charge in [-0.1, -0.05) is 13.8 Å². The van der Waals surface area contributed by atoms with Crippen LogP contribution in [-0.4, -0.2) is 35.6 Å². The van der Waals surface area contributed by atoms with Crippen LogP contribution in [0.15, 0.2) is 18.2 Å². The Morgan fingerprint density at radius 2 is 2.11 bits per heavy atom. The van der Waals surface area contributed by atoms with Gasteiger partial charge in [0.15, 0.2) is 6.10 Å². The van der Waals surface area contributed by atoms with Crippen LogP contribution in [0.5, 0.6) is 5.75 Å². The maximum Gasteiger partial charge on any atom is 0.329 e. The molecule has 2 aromatic rings. The molecule has 2 atom stereocenters. The standard InChI is InChI=1S/C21H26N2O4S/c1-6-10-26-21(25)16(7-2)23-17-11-15(19-13(4)28-14(5)22-19)8-9-18(17)27-12(3)20(23)24/h8-9,11-12,16H,6-7,10H2,1-5H3. The second-order valence-electron chi connectivity index (χ2n) is 6.88. The topological polar surface area (TPSA) is 68.7 Å². The van der Waals surface area contributed by atoms with E-state index in [0.29, 0.717) is 24.5 Å². The summed E-state index contributed by atoms with van der Waals surface area (Å²) >= 11 is 1.63. The maximum absolute atomic E-state index is 13.0. The molecule has 7 heteroatoms. The number of amides is 1. The van der Waals surface area contributed by atoms with E-state index in [0.717, 1.165) is 27.6 Å². The summed E-state index contributed by atoms with van der Waals surface area (Å²) in [7, 11) is 0. The minimum absolute atomic E-state index is 0.240. The molecule has 0 radical (unpaired) electrons. The monoisotopic (exact) mass is 402 g/mol. The number of carbonyl (C=O) groups is 2. The fourth-order valence-electron chi connectivity index (χ4n) is 3.38. The average Bonchev–Trinajstić information content (AvgIpc) is 3.01. The zero-order valence-corrected chi connectivity index (χ0v) is 17.8. The molecule has 0 bridgehead atoms. The van der Waals surface area contributed by atoms with Crippen molar-refractivity contribution in [2.24, 2.45) is 0 Å². The van der Waals surface area contributed by atoms with E-state index in [-0.39, 0.29) is 11.9 Å². The zero-order valence-electron chi connectivity index (χ0n) is 16.9. The normalized spacial score (nSPS) is 17.1. The molecule has 0 spiro atoms. The number of aryl methyl sites for hydroxylation is 2. The van der Waals surface area contributed by atoms with Crippen molar-refractivity contribution in [1.29, 1.82) is 0 Å². The molecule has 0 aliphatic carbocycles. The lowest BCUT2D eigenvalue weighted by molar-refractivity contribution is -0.147. The first kappa shape index (κ1) is 20.3. The summed E-state index contributed by atoms with van der Waals surface area (Å²) in [6, 6.07) is 4.99. The molecule has 0 saturated heterocycles. The van der Waals surface area contributed by atoms with Gasteiger partial charge in [-0.2, -0.15) is 0 Å². The van der Waals surface area contributed by atoms with Crippen LogP contribution in [0.1, 0.15) is 43.5 Å². The van der Waals surface area contributed by atoms with E-state index in [1.165, 1.54) is 0 Å². The van der Waals surface area contributed by atoms with Crippen LogP contribution in [0.4, 0.5) is 5.69 Å². The molecule has 1 amide bonds. The average molecular weight is 403 g/mol. The molecule has 0 fully saturated rings. The van der Waals surface area contributed by atoms with Crippen molar-refractivity contribution in [2.45, 2.75) is 59.6 Å². The van der Waals surface area contributed by atoms with Crippen molar-refractivity contribution in [3.05, 3.63) is 28.1 Å². The van der Waals surface area contributed by atoms with Gasteiger partial charge in [-0.3, -0.25) is 9.69 Å². The number of ether oxygens (including phenoxy) is 2. The number of anilines is 1. The predicted octanol–water partition coefficient (Wildman–Crippen LogP) is 4.27. The van der Waals surface area contributed by atoms with Crippen molar-refractivity contribution in [2.75, 3.05) is 11.5 Å². The maximum atomic E-state index is 13.0. The summed E-state index contributed by atoms with van der Waals surface area (Å²) in [5.74, 6) is -0.0397. The molecule has 150 valence electrons. The van der Waals surface area contributed by atoms with E-state index < -0.39 is 12.1 Å².